The Hall–Kier alpha value is -3.19. The van der Waals surface area contributed by atoms with Crippen molar-refractivity contribution in [2.24, 2.45) is 5.73 Å². The van der Waals surface area contributed by atoms with E-state index in [0.717, 1.165) is 15.8 Å². The second kappa shape index (κ2) is 7.59. The number of carbonyl (C=O) groups is 1. The lowest BCUT2D eigenvalue weighted by atomic mass is 10.1. The van der Waals surface area contributed by atoms with Crippen LogP contribution in [-0.4, -0.2) is 33.5 Å². The Labute approximate surface area is 156 Å². The van der Waals surface area contributed by atoms with Crippen LogP contribution in [0.25, 0.3) is 10.8 Å². The molecule has 7 heteroatoms. The second-order valence-electron chi connectivity index (χ2n) is 6.53. The molecular formula is C20H21N3O4. The highest BCUT2D eigenvalue weighted by Gasteiger charge is 2.16. The number of benzene rings is 2. The molecule has 0 aliphatic heterocycles. The minimum atomic E-state index is -0.988. The fraction of sp³-hybridized carbons (Fsp3) is 0.250. The molecule has 140 valence electrons. The molecule has 1 heterocycles. The van der Waals surface area contributed by atoms with Crippen molar-refractivity contribution in [3.63, 3.8) is 0 Å². The summed E-state index contributed by atoms with van der Waals surface area (Å²) in [6, 6.07) is 12.4. The summed E-state index contributed by atoms with van der Waals surface area (Å²) in [7, 11) is 0. The summed E-state index contributed by atoms with van der Waals surface area (Å²) in [4.78, 5) is 24.3. The molecule has 0 aliphatic rings. The van der Waals surface area contributed by atoms with E-state index in [0.29, 0.717) is 16.5 Å². The van der Waals surface area contributed by atoms with Gasteiger partial charge in [0.05, 0.1) is 11.9 Å². The highest BCUT2D eigenvalue weighted by atomic mass is 16.5. The number of ether oxygens (including phenoxy) is 1. The van der Waals surface area contributed by atoms with Gasteiger partial charge in [-0.2, -0.15) is 5.10 Å². The van der Waals surface area contributed by atoms with Gasteiger partial charge >= 0.3 is 0 Å². The van der Waals surface area contributed by atoms with Crippen molar-refractivity contribution in [2.75, 3.05) is 6.61 Å². The third-order valence-corrected chi connectivity index (χ3v) is 4.12. The molecule has 7 nitrogen and oxygen atoms in total. The minimum Gasteiger partial charge on any atom is -0.491 e. The van der Waals surface area contributed by atoms with Gasteiger partial charge in [0, 0.05) is 5.39 Å². The van der Waals surface area contributed by atoms with Crippen LogP contribution in [0, 0.1) is 13.8 Å². The molecule has 0 saturated carbocycles. The Balaban J connectivity index is 1.82. The number of carbonyl (C=O) groups excluding carboxylic acids is 1. The molecular weight excluding hydrogens is 346 g/mol. The molecule has 0 radical (unpaired) electrons. The molecule has 0 fully saturated rings. The number of hydrogen-bond acceptors (Lipinski definition) is 5. The number of rotatable bonds is 6. The standard InChI is InChI=1S/C20H21N3O4/c1-12-7-13(2)9-15(8-12)27-11-14(24)10-23-20(26)17-6-4-3-5-16(17)18(22-23)19(21)25/h3-9,14,24H,10-11H2,1-2H3,(H2,21,25)/t14-/m1/s1. The van der Waals surface area contributed by atoms with Crippen molar-refractivity contribution >= 4 is 16.7 Å². The summed E-state index contributed by atoms with van der Waals surface area (Å²) < 4.78 is 6.68. The van der Waals surface area contributed by atoms with E-state index in [1.165, 1.54) is 0 Å². The summed E-state index contributed by atoms with van der Waals surface area (Å²) in [6.45, 7) is 3.78. The van der Waals surface area contributed by atoms with Gasteiger partial charge in [0.2, 0.25) is 0 Å². The predicted octanol–water partition coefficient (Wildman–Crippen LogP) is 1.55. The molecule has 1 atom stereocenters. The lowest BCUT2D eigenvalue weighted by Crippen LogP contribution is -2.34. The first-order valence-electron chi connectivity index (χ1n) is 8.54. The third-order valence-electron chi connectivity index (χ3n) is 4.12. The van der Waals surface area contributed by atoms with E-state index in [1.54, 1.807) is 24.3 Å². The number of amides is 1. The van der Waals surface area contributed by atoms with E-state index in [1.807, 2.05) is 32.0 Å². The number of hydrogen-bond donors (Lipinski definition) is 2. The fourth-order valence-corrected chi connectivity index (χ4v) is 3.00. The average molecular weight is 367 g/mol. The largest absolute Gasteiger partial charge is 0.491 e. The topological polar surface area (TPSA) is 107 Å². The Morgan fingerprint density at radius 1 is 1.19 bits per heavy atom. The fourth-order valence-electron chi connectivity index (χ4n) is 3.00. The molecule has 3 rings (SSSR count). The molecule has 0 bridgehead atoms. The van der Waals surface area contributed by atoms with Crippen LogP contribution < -0.4 is 16.0 Å². The minimum absolute atomic E-state index is 0.00683. The van der Waals surface area contributed by atoms with Crippen molar-refractivity contribution in [1.82, 2.24) is 9.78 Å². The number of aryl methyl sites for hydroxylation is 2. The number of nitrogens with zero attached hydrogens (tertiary/aromatic N) is 2. The van der Waals surface area contributed by atoms with E-state index in [2.05, 4.69) is 5.10 Å². The first-order valence-corrected chi connectivity index (χ1v) is 8.54. The first-order chi connectivity index (χ1) is 12.8. The zero-order chi connectivity index (χ0) is 19.6. The molecule has 3 aromatic rings. The number of aliphatic hydroxyl groups is 1. The number of aliphatic hydroxyl groups excluding tert-OH is 1. The number of fused-ring (bicyclic) bond motifs is 1. The molecule has 1 amide bonds. The van der Waals surface area contributed by atoms with Crippen molar-refractivity contribution in [2.45, 2.75) is 26.5 Å². The highest BCUT2D eigenvalue weighted by molar-refractivity contribution is 6.03. The van der Waals surface area contributed by atoms with E-state index in [-0.39, 0.29) is 18.8 Å². The molecule has 1 aromatic heterocycles. The maximum Gasteiger partial charge on any atom is 0.274 e. The molecule has 0 aliphatic carbocycles. The molecule has 3 N–H and O–H groups in total. The SMILES string of the molecule is Cc1cc(C)cc(OC[C@H](O)Cn2nc(C(N)=O)c3ccccc3c2=O)c1. The van der Waals surface area contributed by atoms with Crippen molar-refractivity contribution in [3.8, 4) is 5.75 Å². The van der Waals surface area contributed by atoms with Crippen LogP contribution in [0.3, 0.4) is 0 Å². The summed E-state index contributed by atoms with van der Waals surface area (Å²) in [5.74, 6) is -0.0934. The smallest absolute Gasteiger partial charge is 0.274 e. The molecule has 0 saturated heterocycles. The lowest BCUT2D eigenvalue weighted by Gasteiger charge is -2.15. The normalized spacial score (nSPS) is 12.1. The van der Waals surface area contributed by atoms with Crippen molar-refractivity contribution < 1.29 is 14.6 Å². The van der Waals surface area contributed by atoms with Gasteiger partial charge in [-0.15, -0.1) is 0 Å². The van der Waals surface area contributed by atoms with Gasteiger partial charge in [0.25, 0.3) is 11.5 Å². The van der Waals surface area contributed by atoms with E-state index in [9.17, 15) is 14.7 Å². The maximum atomic E-state index is 12.6. The molecule has 0 unspecified atom stereocenters. The Bertz CT molecular complexity index is 1040. The Morgan fingerprint density at radius 2 is 1.81 bits per heavy atom. The van der Waals surface area contributed by atoms with E-state index in [4.69, 9.17) is 10.5 Å². The van der Waals surface area contributed by atoms with Gasteiger partial charge < -0.3 is 15.6 Å². The van der Waals surface area contributed by atoms with E-state index >= 15 is 0 Å². The van der Waals surface area contributed by atoms with Crippen LogP contribution in [0.1, 0.15) is 21.6 Å². The lowest BCUT2D eigenvalue weighted by molar-refractivity contribution is 0.0870. The Kier molecular flexibility index (Phi) is 5.23. The predicted molar refractivity (Wildman–Crippen MR) is 102 cm³/mol. The third kappa shape index (κ3) is 4.15. The maximum absolute atomic E-state index is 12.6. The number of primary amides is 1. The van der Waals surface area contributed by atoms with Crippen LogP contribution in [-0.2, 0) is 6.54 Å². The van der Waals surface area contributed by atoms with Crippen molar-refractivity contribution in [1.29, 1.82) is 0 Å². The summed E-state index contributed by atoms with van der Waals surface area (Å²) >= 11 is 0. The highest BCUT2D eigenvalue weighted by Crippen LogP contribution is 2.17. The van der Waals surface area contributed by atoms with Gasteiger partial charge in [0.1, 0.15) is 18.5 Å². The van der Waals surface area contributed by atoms with E-state index < -0.39 is 17.6 Å². The van der Waals surface area contributed by atoms with Gasteiger partial charge in [-0.3, -0.25) is 9.59 Å². The van der Waals surface area contributed by atoms with Crippen LogP contribution in [0.5, 0.6) is 5.75 Å². The summed E-state index contributed by atoms with van der Waals surface area (Å²) in [6.07, 6.45) is -0.988. The van der Waals surface area contributed by atoms with Gasteiger partial charge in [-0.25, -0.2) is 4.68 Å². The number of aromatic nitrogens is 2. The molecule has 0 spiro atoms. The molecule has 27 heavy (non-hydrogen) atoms. The zero-order valence-electron chi connectivity index (χ0n) is 15.2. The number of nitrogens with two attached hydrogens (primary N) is 1. The quantitative estimate of drug-likeness (QED) is 0.687. The van der Waals surface area contributed by atoms with Crippen LogP contribution in [0.15, 0.2) is 47.3 Å². The van der Waals surface area contributed by atoms with Crippen LogP contribution in [0.2, 0.25) is 0 Å². The summed E-state index contributed by atoms with van der Waals surface area (Å²) in [5, 5.41) is 15.0. The second-order valence-corrected chi connectivity index (χ2v) is 6.53. The van der Waals surface area contributed by atoms with Crippen LogP contribution in [0.4, 0.5) is 0 Å². The molecule has 2 aromatic carbocycles. The first kappa shape index (κ1) is 18.6. The van der Waals surface area contributed by atoms with Crippen molar-refractivity contribution in [3.05, 3.63) is 69.6 Å². The van der Waals surface area contributed by atoms with Crippen LogP contribution >= 0.6 is 0 Å². The van der Waals surface area contributed by atoms with Gasteiger partial charge in [0.15, 0.2) is 5.69 Å². The zero-order valence-corrected chi connectivity index (χ0v) is 15.2. The average Bonchev–Trinajstić information content (AvgIpc) is 2.61. The van der Waals surface area contributed by atoms with Gasteiger partial charge in [-0.1, -0.05) is 24.3 Å². The Morgan fingerprint density at radius 3 is 2.44 bits per heavy atom. The van der Waals surface area contributed by atoms with Gasteiger partial charge in [-0.05, 0) is 43.2 Å². The summed E-state index contributed by atoms with van der Waals surface area (Å²) in [5.41, 5.74) is 7.09. The monoisotopic (exact) mass is 367 g/mol.